The fraction of sp³-hybridized carbons (Fsp3) is 0.310. The van der Waals surface area contributed by atoms with Crippen LogP contribution in [0.5, 0.6) is 5.75 Å². The Morgan fingerprint density at radius 3 is 2.23 bits per heavy atom. The van der Waals surface area contributed by atoms with E-state index in [0.717, 1.165) is 15.3 Å². The van der Waals surface area contributed by atoms with E-state index in [0.29, 0.717) is 5.56 Å². The number of anilines is 1. The Morgan fingerprint density at radius 2 is 1.66 bits per heavy atom. The molecule has 3 aromatic carbocycles. The van der Waals surface area contributed by atoms with Gasteiger partial charge in [0.05, 0.1) is 22.6 Å². The van der Waals surface area contributed by atoms with Crippen LogP contribution in [0.25, 0.3) is 0 Å². The van der Waals surface area contributed by atoms with Gasteiger partial charge in [0.15, 0.2) is 0 Å². The van der Waals surface area contributed by atoms with Gasteiger partial charge in [0, 0.05) is 44.8 Å². The van der Waals surface area contributed by atoms with Crippen molar-refractivity contribution in [3.8, 4) is 5.75 Å². The molecule has 0 aliphatic carbocycles. The molecule has 0 fully saturated rings. The molecule has 3 rings (SSSR count). The predicted molar refractivity (Wildman–Crippen MR) is 170 cm³/mol. The zero-order valence-corrected chi connectivity index (χ0v) is 27.6. The summed E-state index contributed by atoms with van der Waals surface area (Å²) in [6, 6.07) is 11.0. The van der Waals surface area contributed by atoms with Crippen LogP contribution < -0.4 is 14.4 Å². The first-order chi connectivity index (χ1) is 20.6. The van der Waals surface area contributed by atoms with Crippen molar-refractivity contribution in [3.63, 3.8) is 0 Å². The number of ether oxygens (including phenoxy) is 1. The van der Waals surface area contributed by atoms with Crippen LogP contribution >= 0.6 is 34.8 Å². The minimum atomic E-state index is -4.67. The Morgan fingerprint density at radius 1 is 1.02 bits per heavy atom. The molecule has 2 amide bonds. The number of amides is 2. The molecule has 0 spiro atoms. The third kappa shape index (κ3) is 7.92. The average Bonchev–Trinajstić information content (AvgIpc) is 2.94. The van der Waals surface area contributed by atoms with Crippen LogP contribution in [0.4, 0.5) is 11.4 Å². The maximum absolute atomic E-state index is 14.2. The number of carbonyl (C=O) groups is 2. The number of methoxy groups -OCH3 is 1. The van der Waals surface area contributed by atoms with Crippen molar-refractivity contribution >= 4 is 68.0 Å². The maximum Gasteiger partial charge on any atom is 0.273 e. The summed E-state index contributed by atoms with van der Waals surface area (Å²) >= 11 is 19.0. The Balaban J connectivity index is 2.20. The summed E-state index contributed by atoms with van der Waals surface area (Å²) in [5.74, 6) is -1.25. The van der Waals surface area contributed by atoms with Gasteiger partial charge in [-0.05, 0) is 64.1 Å². The lowest BCUT2D eigenvalue weighted by molar-refractivity contribution is -0.385. The third-order valence-corrected chi connectivity index (χ3v) is 9.34. The first-order valence-corrected chi connectivity index (χ1v) is 15.8. The number of nitrogens with zero attached hydrogens (tertiary/aromatic N) is 3. The highest BCUT2D eigenvalue weighted by Crippen LogP contribution is 2.36. The maximum atomic E-state index is 14.2. The molecule has 0 saturated heterocycles. The van der Waals surface area contributed by atoms with Gasteiger partial charge in [-0.1, -0.05) is 46.9 Å². The van der Waals surface area contributed by atoms with Crippen LogP contribution in [0.1, 0.15) is 31.9 Å². The van der Waals surface area contributed by atoms with E-state index in [-0.39, 0.29) is 44.7 Å². The van der Waals surface area contributed by atoms with E-state index in [1.807, 2.05) is 0 Å². The minimum absolute atomic E-state index is 0.0543. The number of carbonyl (C=O) groups excluding carboxylic acids is 2. The van der Waals surface area contributed by atoms with Crippen LogP contribution in [0, 0.1) is 17.0 Å². The van der Waals surface area contributed by atoms with E-state index in [9.17, 15) is 28.1 Å². The fourth-order valence-corrected chi connectivity index (χ4v) is 6.41. The van der Waals surface area contributed by atoms with E-state index in [4.69, 9.17) is 39.5 Å². The molecule has 0 heterocycles. The minimum Gasteiger partial charge on any atom is -0.495 e. The average molecular weight is 686 g/mol. The van der Waals surface area contributed by atoms with Gasteiger partial charge in [-0.15, -0.1) is 0 Å². The highest BCUT2D eigenvalue weighted by Gasteiger charge is 2.35. The van der Waals surface area contributed by atoms with Gasteiger partial charge in [-0.2, -0.15) is 0 Å². The summed E-state index contributed by atoms with van der Waals surface area (Å²) in [7, 11) is -3.36. The number of nitrogens with one attached hydrogen (secondary N) is 1. The second-order valence-electron chi connectivity index (χ2n) is 10.1. The standard InChI is InChI=1S/C29H31Cl3N4O7S/c1-17(2)33-29(38)19(4)34(15-22-23(31)7-6-8-24(22)32)28(37)16-35(26-13-20(30)10-12-27(26)43-5)44(41,42)21-11-9-18(3)25(14-21)36(39)40/h6-14,17,19H,15-16H2,1-5H3,(H,33,38)/t19-/m1/s1. The van der Waals surface area contributed by atoms with Gasteiger partial charge in [0.1, 0.15) is 18.3 Å². The summed E-state index contributed by atoms with van der Waals surface area (Å²) in [4.78, 5) is 38.9. The predicted octanol–water partition coefficient (Wildman–Crippen LogP) is 6.01. The SMILES string of the molecule is COc1ccc(Cl)cc1N(CC(=O)N(Cc1c(Cl)cccc1Cl)[C@H](C)C(=O)NC(C)C)S(=O)(=O)c1ccc(C)c([N+](=O)[O-])c1. The van der Waals surface area contributed by atoms with Gasteiger partial charge < -0.3 is 15.0 Å². The van der Waals surface area contributed by atoms with Crippen LogP contribution in [0.15, 0.2) is 59.5 Å². The summed E-state index contributed by atoms with van der Waals surface area (Å²) in [5.41, 5.74) is 0.0537. The molecule has 0 unspecified atom stereocenters. The van der Waals surface area contributed by atoms with Gasteiger partial charge in [0.25, 0.3) is 15.7 Å². The zero-order valence-electron chi connectivity index (χ0n) is 24.5. The quantitative estimate of drug-likeness (QED) is 0.182. The largest absolute Gasteiger partial charge is 0.495 e. The number of nitro benzene ring substituents is 1. The molecule has 1 N–H and O–H groups in total. The Kier molecular flexibility index (Phi) is 11.5. The Hall–Kier alpha value is -3.58. The second kappa shape index (κ2) is 14.5. The summed E-state index contributed by atoms with van der Waals surface area (Å²) in [6.07, 6.45) is 0. The summed E-state index contributed by atoms with van der Waals surface area (Å²) < 4.78 is 34.5. The molecule has 236 valence electrons. The number of rotatable bonds is 12. The number of hydrogen-bond donors (Lipinski definition) is 1. The van der Waals surface area contributed by atoms with E-state index in [2.05, 4.69) is 5.32 Å². The molecule has 1 atom stereocenters. The Labute approximate surface area is 270 Å². The van der Waals surface area contributed by atoms with Crippen LogP contribution in [-0.4, -0.2) is 55.8 Å². The number of aryl methyl sites for hydroxylation is 1. The van der Waals surface area contributed by atoms with Crippen LogP contribution in [0.2, 0.25) is 15.1 Å². The smallest absolute Gasteiger partial charge is 0.273 e. The van der Waals surface area contributed by atoms with Crippen molar-refractivity contribution in [1.29, 1.82) is 0 Å². The molecule has 15 heteroatoms. The molecule has 3 aromatic rings. The first kappa shape index (κ1) is 34.9. The molecular weight excluding hydrogens is 655 g/mol. The molecule has 0 aliphatic rings. The van der Waals surface area contributed by atoms with E-state index < -0.39 is 49.9 Å². The van der Waals surface area contributed by atoms with Gasteiger partial charge in [-0.3, -0.25) is 24.0 Å². The molecule has 11 nitrogen and oxygen atoms in total. The number of nitro groups is 1. The highest BCUT2D eigenvalue weighted by molar-refractivity contribution is 7.92. The number of benzene rings is 3. The lowest BCUT2D eigenvalue weighted by Crippen LogP contribution is -2.52. The fourth-order valence-electron chi connectivity index (χ4n) is 4.29. The summed E-state index contributed by atoms with van der Waals surface area (Å²) in [5, 5.41) is 15.0. The number of halogens is 3. The van der Waals surface area contributed by atoms with Crippen molar-refractivity contribution in [1.82, 2.24) is 10.2 Å². The second-order valence-corrected chi connectivity index (χ2v) is 13.2. The van der Waals surface area contributed by atoms with E-state index >= 15 is 0 Å². The molecular formula is C29H31Cl3N4O7S. The molecule has 0 saturated carbocycles. The normalized spacial score (nSPS) is 12.0. The van der Waals surface area contributed by atoms with Crippen molar-refractivity contribution in [3.05, 3.63) is 90.9 Å². The monoisotopic (exact) mass is 684 g/mol. The highest BCUT2D eigenvalue weighted by atomic mass is 35.5. The van der Waals surface area contributed by atoms with Gasteiger partial charge in [-0.25, -0.2) is 8.42 Å². The first-order valence-electron chi connectivity index (χ1n) is 13.2. The molecule has 0 radical (unpaired) electrons. The number of hydrogen-bond acceptors (Lipinski definition) is 7. The van der Waals surface area contributed by atoms with Crippen molar-refractivity contribution in [2.45, 2.75) is 51.2 Å². The summed E-state index contributed by atoms with van der Waals surface area (Å²) in [6.45, 7) is 5.38. The van der Waals surface area contributed by atoms with Crippen molar-refractivity contribution < 1.29 is 27.7 Å². The van der Waals surface area contributed by atoms with E-state index in [1.54, 1.807) is 32.0 Å². The number of sulfonamides is 1. The Bertz CT molecular complexity index is 1670. The topological polar surface area (TPSA) is 139 Å². The van der Waals surface area contributed by atoms with Gasteiger partial charge in [0.2, 0.25) is 11.8 Å². The third-order valence-electron chi connectivity index (χ3n) is 6.64. The van der Waals surface area contributed by atoms with Gasteiger partial charge >= 0.3 is 0 Å². The molecule has 0 bridgehead atoms. The lowest BCUT2D eigenvalue weighted by Gasteiger charge is -2.33. The lowest BCUT2D eigenvalue weighted by atomic mass is 10.1. The molecule has 44 heavy (non-hydrogen) atoms. The zero-order chi connectivity index (χ0) is 32.9. The molecule has 0 aromatic heterocycles. The molecule has 0 aliphatic heterocycles. The van der Waals surface area contributed by atoms with Crippen molar-refractivity contribution in [2.75, 3.05) is 18.0 Å². The van der Waals surface area contributed by atoms with Crippen LogP contribution in [-0.2, 0) is 26.2 Å². The van der Waals surface area contributed by atoms with E-state index in [1.165, 1.54) is 51.3 Å². The van der Waals surface area contributed by atoms with Crippen molar-refractivity contribution in [2.24, 2.45) is 0 Å². The van der Waals surface area contributed by atoms with Crippen LogP contribution in [0.3, 0.4) is 0 Å².